The fourth-order valence-corrected chi connectivity index (χ4v) is 4.11. The minimum atomic E-state index is -0.378. The Balaban J connectivity index is 1.72. The maximum absolute atomic E-state index is 12.5. The molecule has 2 fully saturated rings. The van der Waals surface area contributed by atoms with Crippen LogP contribution in [0.1, 0.15) is 38.5 Å². The highest BCUT2D eigenvalue weighted by atomic mass is 32.2. The summed E-state index contributed by atoms with van der Waals surface area (Å²) in [6.07, 6.45) is 7.21. The molecule has 1 aliphatic heterocycles. The van der Waals surface area contributed by atoms with E-state index >= 15 is 0 Å². The van der Waals surface area contributed by atoms with Crippen LogP contribution in [0.25, 0.3) is 0 Å². The topological polar surface area (TPSA) is 76.3 Å². The summed E-state index contributed by atoms with van der Waals surface area (Å²) in [6, 6.07) is 3.62. The standard InChI is InChI=1S/C15H19N3O2S/c16-11-7-4-8-17-14(11)21-12-9-13(19)18(15(12)20)10-5-2-1-3-6-10/h4,7-8,10,12H,1-3,5-6,9,16H2. The zero-order valence-corrected chi connectivity index (χ0v) is 12.6. The van der Waals surface area contributed by atoms with E-state index in [0.29, 0.717) is 10.7 Å². The molecule has 1 saturated heterocycles. The number of amides is 2. The number of likely N-dealkylation sites (tertiary alicyclic amines) is 1. The molecule has 6 heteroatoms. The molecule has 2 aliphatic rings. The van der Waals surface area contributed by atoms with Crippen molar-refractivity contribution in [1.29, 1.82) is 0 Å². The number of nitrogen functional groups attached to an aromatic ring is 1. The Morgan fingerprint density at radius 2 is 2.00 bits per heavy atom. The van der Waals surface area contributed by atoms with E-state index in [4.69, 9.17) is 5.73 Å². The summed E-state index contributed by atoms with van der Waals surface area (Å²) >= 11 is 1.31. The minimum Gasteiger partial charge on any atom is -0.397 e. The second-order valence-corrected chi connectivity index (χ2v) is 6.79. The van der Waals surface area contributed by atoms with E-state index in [9.17, 15) is 9.59 Å². The van der Waals surface area contributed by atoms with E-state index in [-0.39, 0.29) is 29.5 Å². The van der Waals surface area contributed by atoms with Crippen LogP contribution < -0.4 is 5.73 Å². The maximum Gasteiger partial charge on any atom is 0.243 e. The number of nitrogens with two attached hydrogens (primary N) is 1. The van der Waals surface area contributed by atoms with Gasteiger partial charge in [-0.2, -0.15) is 0 Å². The Labute approximate surface area is 128 Å². The number of thioether (sulfide) groups is 1. The Morgan fingerprint density at radius 1 is 1.24 bits per heavy atom. The lowest BCUT2D eigenvalue weighted by atomic mass is 9.94. The number of pyridine rings is 1. The smallest absolute Gasteiger partial charge is 0.243 e. The number of nitrogens with zero attached hydrogens (tertiary/aromatic N) is 2. The van der Waals surface area contributed by atoms with Crippen LogP contribution in [-0.4, -0.2) is 33.0 Å². The van der Waals surface area contributed by atoms with Crippen LogP contribution in [0.3, 0.4) is 0 Å². The molecule has 2 amide bonds. The van der Waals surface area contributed by atoms with Crippen LogP contribution in [-0.2, 0) is 9.59 Å². The number of imide groups is 1. The van der Waals surface area contributed by atoms with Crippen LogP contribution in [0.4, 0.5) is 5.69 Å². The molecule has 1 aromatic heterocycles. The van der Waals surface area contributed by atoms with E-state index in [1.165, 1.54) is 23.1 Å². The van der Waals surface area contributed by atoms with Crippen LogP contribution in [0, 0.1) is 0 Å². The summed E-state index contributed by atoms with van der Waals surface area (Å²) in [5.74, 6) is -0.110. The molecule has 1 atom stereocenters. The molecule has 0 bridgehead atoms. The van der Waals surface area contributed by atoms with Gasteiger partial charge in [-0.05, 0) is 25.0 Å². The molecular weight excluding hydrogens is 286 g/mol. The van der Waals surface area contributed by atoms with Crippen LogP contribution in [0.15, 0.2) is 23.4 Å². The molecule has 1 saturated carbocycles. The SMILES string of the molecule is Nc1cccnc1SC1CC(=O)N(C2CCCCC2)C1=O. The molecule has 1 aromatic rings. The lowest BCUT2D eigenvalue weighted by Gasteiger charge is -2.29. The van der Waals surface area contributed by atoms with Gasteiger partial charge in [-0.25, -0.2) is 4.98 Å². The molecular formula is C15H19N3O2S. The first kappa shape index (κ1) is 14.4. The predicted octanol–water partition coefficient (Wildman–Crippen LogP) is 2.22. The van der Waals surface area contributed by atoms with Gasteiger partial charge in [-0.15, -0.1) is 0 Å². The summed E-state index contributed by atoms with van der Waals surface area (Å²) in [4.78, 5) is 30.5. The third-order valence-electron chi connectivity index (χ3n) is 4.14. The molecule has 1 unspecified atom stereocenters. The van der Waals surface area contributed by atoms with Gasteiger partial charge in [-0.3, -0.25) is 14.5 Å². The average Bonchev–Trinajstić information content (AvgIpc) is 2.77. The molecule has 0 radical (unpaired) electrons. The van der Waals surface area contributed by atoms with Crippen molar-refractivity contribution in [3.05, 3.63) is 18.3 Å². The van der Waals surface area contributed by atoms with Gasteiger partial charge in [0.05, 0.1) is 10.9 Å². The fourth-order valence-electron chi connectivity index (χ4n) is 3.07. The third kappa shape index (κ3) is 2.90. The van der Waals surface area contributed by atoms with Crippen molar-refractivity contribution < 1.29 is 9.59 Å². The van der Waals surface area contributed by atoms with Gasteiger partial charge in [0.25, 0.3) is 0 Å². The van der Waals surface area contributed by atoms with Gasteiger partial charge < -0.3 is 5.73 Å². The van der Waals surface area contributed by atoms with Gasteiger partial charge in [-0.1, -0.05) is 31.0 Å². The number of hydrogen-bond donors (Lipinski definition) is 1. The first-order chi connectivity index (χ1) is 10.2. The van der Waals surface area contributed by atoms with Gasteiger partial charge >= 0.3 is 0 Å². The number of anilines is 1. The highest BCUT2D eigenvalue weighted by Crippen LogP contribution is 2.35. The normalized spacial score (nSPS) is 23.8. The molecule has 0 aromatic carbocycles. The third-order valence-corrected chi connectivity index (χ3v) is 5.35. The van der Waals surface area contributed by atoms with Crippen molar-refractivity contribution in [3.63, 3.8) is 0 Å². The Morgan fingerprint density at radius 3 is 2.71 bits per heavy atom. The average molecular weight is 305 g/mol. The molecule has 5 nitrogen and oxygen atoms in total. The number of rotatable bonds is 3. The van der Waals surface area contributed by atoms with E-state index in [2.05, 4.69) is 4.98 Å². The lowest BCUT2D eigenvalue weighted by molar-refractivity contribution is -0.141. The molecule has 1 aliphatic carbocycles. The van der Waals surface area contributed by atoms with Crippen molar-refractivity contribution in [2.24, 2.45) is 0 Å². The fraction of sp³-hybridized carbons (Fsp3) is 0.533. The summed E-state index contributed by atoms with van der Waals surface area (Å²) in [7, 11) is 0. The van der Waals surface area contributed by atoms with Crippen LogP contribution >= 0.6 is 11.8 Å². The molecule has 3 rings (SSSR count). The first-order valence-electron chi connectivity index (χ1n) is 7.40. The van der Waals surface area contributed by atoms with Crippen molar-refractivity contribution >= 4 is 29.3 Å². The van der Waals surface area contributed by atoms with Gasteiger partial charge in [0, 0.05) is 18.7 Å². The molecule has 2 N–H and O–H groups in total. The zero-order valence-electron chi connectivity index (χ0n) is 11.8. The summed E-state index contributed by atoms with van der Waals surface area (Å²) in [6.45, 7) is 0. The summed E-state index contributed by atoms with van der Waals surface area (Å²) in [5.41, 5.74) is 6.42. The second kappa shape index (κ2) is 6.05. The van der Waals surface area contributed by atoms with Crippen molar-refractivity contribution in [2.75, 3.05) is 5.73 Å². The summed E-state index contributed by atoms with van der Waals surface area (Å²) < 4.78 is 0. The Kier molecular flexibility index (Phi) is 4.14. The molecule has 2 heterocycles. The quantitative estimate of drug-likeness (QED) is 0.867. The van der Waals surface area contributed by atoms with Gasteiger partial charge in [0.1, 0.15) is 5.03 Å². The zero-order chi connectivity index (χ0) is 14.8. The molecule has 0 spiro atoms. The second-order valence-electron chi connectivity index (χ2n) is 5.60. The monoisotopic (exact) mass is 305 g/mol. The highest BCUT2D eigenvalue weighted by molar-refractivity contribution is 8.00. The number of carbonyl (C=O) groups is 2. The molecule has 112 valence electrons. The number of hydrogen-bond acceptors (Lipinski definition) is 5. The lowest BCUT2D eigenvalue weighted by Crippen LogP contribution is -2.41. The minimum absolute atomic E-state index is 0.0427. The van der Waals surface area contributed by atoms with E-state index in [1.54, 1.807) is 18.3 Å². The Hall–Kier alpha value is -1.56. The molecule has 21 heavy (non-hydrogen) atoms. The van der Waals surface area contributed by atoms with E-state index in [0.717, 1.165) is 25.7 Å². The van der Waals surface area contributed by atoms with Crippen molar-refractivity contribution in [3.8, 4) is 0 Å². The highest BCUT2D eigenvalue weighted by Gasteiger charge is 2.43. The van der Waals surface area contributed by atoms with Gasteiger partial charge in [0.2, 0.25) is 11.8 Å². The number of carbonyl (C=O) groups excluding carboxylic acids is 2. The van der Waals surface area contributed by atoms with Crippen molar-refractivity contribution in [1.82, 2.24) is 9.88 Å². The first-order valence-corrected chi connectivity index (χ1v) is 8.28. The Bertz CT molecular complexity index is 558. The van der Waals surface area contributed by atoms with E-state index in [1.807, 2.05) is 0 Å². The van der Waals surface area contributed by atoms with Crippen molar-refractivity contribution in [2.45, 2.75) is 54.8 Å². The van der Waals surface area contributed by atoms with Crippen LogP contribution in [0.2, 0.25) is 0 Å². The van der Waals surface area contributed by atoms with E-state index < -0.39 is 0 Å². The van der Waals surface area contributed by atoms with Gasteiger partial charge in [0.15, 0.2) is 0 Å². The predicted molar refractivity (Wildman–Crippen MR) is 81.6 cm³/mol. The maximum atomic E-state index is 12.5. The summed E-state index contributed by atoms with van der Waals surface area (Å²) in [5, 5.41) is 0.255. The largest absolute Gasteiger partial charge is 0.397 e. The van der Waals surface area contributed by atoms with Crippen LogP contribution in [0.5, 0.6) is 0 Å². The number of aromatic nitrogens is 1.